The Morgan fingerprint density at radius 1 is 0.304 bits per heavy atom. The smallest absolute Gasteiger partial charge is 0.137 e. The minimum atomic E-state index is 0.873. The standard InChI is InChI=1S/C52H34N2OS/c1-3-13-39(14-4-1)53(40-15-5-2-6-16-40)42-27-30-51-48(32-42)47-29-26-44(34-52(47)56-51)54(43-25-28-46-45-17-9-10-18-49(45)55-50(46)33-43)41-23-21-36(22-24-41)38-20-19-35-11-7-8-12-37(35)31-38/h1-34H. The highest BCUT2D eigenvalue weighted by Crippen LogP contribution is 2.44. The molecular weight excluding hydrogens is 701 g/mol. The summed E-state index contributed by atoms with van der Waals surface area (Å²) in [7, 11) is 0. The number of hydrogen-bond acceptors (Lipinski definition) is 4. The molecule has 0 amide bonds. The van der Waals surface area contributed by atoms with Crippen LogP contribution in [0, 0.1) is 0 Å². The van der Waals surface area contributed by atoms with Crippen molar-refractivity contribution in [2.45, 2.75) is 0 Å². The quantitative estimate of drug-likeness (QED) is 0.163. The molecule has 3 nitrogen and oxygen atoms in total. The van der Waals surface area contributed by atoms with Gasteiger partial charge in [0.05, 0.1) is 0 Å². The lowest BCUT2D eigenvalue weighted by Crippen LogP contribution is -2.09. The number of fused-ring (bicyclic) bond motifs is 7. The van der Waals surface area contributed by atoms with Crippen LogP contribution in [0.3, 0.4) is 0 Å². The summed E-state index contributed by atoms with van der Waals surface area (Å²) in [4.78, 5) is 4.67. The topological polar surface area (TPSA) is 19.6 Å². The first-order valence-electron chi connectivity index (χ1n) is 18.9. The van der Waals surface area contributed by atoms with E-state index in [1.165, 1.54) is 42.1 Å². The van der Waals surface area contributed by atoms with Crippen LogP contribution in [0.1, 0.15) is 0 Å². The third-order valence-electron chi connectivity index (χ3n) is 10.8. The minimum absolute atomic E-state index is 0.873. The highest BCUT2D eigenvalue weighted by molar-refractivity contribution is 7.25. The Bertz CT molecular complexity index is 3160. The lowest BCUT2D eigenvalue weighted by Gasteiger charge is -2.26. The van der Waals surface area contributed by atoms with Crippen molar-refractivity contribution in [3.63, 3.8) is 0 Å². The van der Waals surface area contributed by atoms with E-state index in [0.717, 1.165) is 56.1 Å². The molecule has 2 aromatic heterocycles. The van der Waals surface area contributed by atoms with Crippen LogP contribution < -0.4 is 9.80 Å². The van der Waals surface area contributed by atoms with E-state index < -0.39 is 0 Å². The summed E-state index contributed by atoms with van der Waals surface area (Å²) in [5.41, 5.74) is 10.8. The Morgan fingerprint density at radius 2 is 0.857 bits per heavy atom. The number of rotatable bonds is 7. The van der Waals surface area contributed by atoms with Crippen LogP contribution in [0.15, 0.2) is 211 Å². The predicted molar refractivity (Wildman–Crippen MR) is 239 cm³/mol. The molecule has 0 spiro atoms. The molecule has 4 heteroatoms. The van der Waals surface area contributed by atoms with Crippen molar-refractivity contribution in [1.82, 2.24) is 0 Å². The molecular formula is C52H34N2OS. The van der Waals surface area contributed by atoms with Gasteiger partial charge in [-0.1, -0.05) is 109 Å². The molecule has 0 aliphatic rings. The molecule has 9 aromatic carbocycles. The van der Waals surface area contributed by atoms with Crippen LogP contribution in [-0.4, -0.2) is 0 Å². The third kappa shape index (κ3) is 5.58. The van der Waals surface area contributed by atoms with E-state index in [1.807, 2.05) is 23.5 Å². The molecule has 2 heterocycles. The van der Waals surface area contributed by atoms with Gasteiger partial charge in [0.25, 0.3) is 0 Å². The summed E-state index contributed by atoms with van der Waals surface area (Å²) < 4.78 is 8.90. The molecule has 0 aliphatic carbocycles. The molecule has 0 radical (unpaired) electrons. The van der Waals surface area contributed by atoms with E-state index in [0.29, 0.717) is 0 Å². The van der Waals surface area contributed by atoms with E-state index in [2.05, 4.69) is 204 Å². The largest absolute Gasteiger partial charge is 0.456 e. The van der Waals surface area contributed by atoms with Crippen LogP contribution in [0.25, 0.3) is 64.0 Å². The van der Waals surface area contributed by atoms with Crippen LogP contribution >= 0.6 is 11.3 Å². The Hall–Kier alpha value is -7.14. The molecule has 264 valence electrons. The first kappa shape index (κ1) is 32.3. The number of benzene rings is 9. The average molecular weight is 735 g/mol. The van der Waals surface area contributed by atoms with E-state index in [9.17, 15) is 0 Å². The second-order valence-corrected chi connectivity index (χ2v) is 15.3. The number of hydrogen-bond donors (Lipinski definition) is 0. The van der Waals surface area contributed by atoms with Gasteiger partial charge in [-0.05, 0) is 113 Å². The Morgan fingerprint density at radius 3 is 1.64 bits per heavy atom. The van der Waals surface area contributed by atoms with Crippen molar-refractivity contribution >= 4 is 98.3 Å². The molecule has 56 heavy (non-hydrogen) atoms. The molecule has 0 saturated heterocycles. The van der Waals surface area contributed by atoms with Gasteiger partial charge in [-0.15, -0.1) is 11.3 Å². The van der Waals surface area contributed by atoms with E-state index in [1.54, 1.807) is 0 Å². The van der Waals surface area contributed by atoms with Gasteiger partial charge in [-0.3, -0.25) is 0 Å². The SMILES string of the molecule is c1ccc(N(c2ccccc2)c2ccc3sc4cc(N(c5ccc(-c6ccc7ccccc7c6)cc5)c5ccc6c(c5)oc5ccccc56)ccc4c3c2)cc1. The summed E-state index contributed by atoms with van der Waals surface area (Å²) in [5, 5.41) is 7.23. The molecule has 0 N–H and O–H groups in total. The summed E-state index contributed by atoms with van der Waals surface area (Å²) in [5.74, 6) is 0. The first-order chi connectivity index (χ1) is 27.7. The van der Waals surface area contributed by atoms with Crippen LogP contribution in [0.2, 0.25) is 0 Å². The van der Waals surface area contributed by atoms with Crippen molar-refractivity contribution in [3.05, 3.63) is 206 Å². The maximum atomic E-state index is 6.40. The summed E-state index contributed by atoms with van der Waals surface area (Å²) >= 11 is 1.84. The molecule has 11 rings (SSSR count). The van der Waals surface area contributed by atoms with Crippen molar-refractivity contribution in [2.24, 2.45) is 0 Å². The number of para-hydroxylation sites is 3. The van der Waals surface area contributed by atoms with Crippen molar-refractivity contribution in [2.75, 3.05) is 9.80 Å². The van der Waals surface area contributed by atoms with Crippen LogP contribution in [0.4, 0.5) is 34.1 Å². The van der Waals surface area contributed by atoms with Gasteiger partial charge in [-0.25, -0.2) is 0 Å². The lowest BCUT2D eigenvalue weighted by molar-refractivity contribution is 0.669. The van der Waals surface area contributed by atoms with E-state index >= 15 is 0 Å². The summed E-state index contributed by atoms with van der Waals surface area (Å²) in [6.07, 6.45) is 0. The second kappa shape index (κ2) is 13.3. The Kier molecular flexibility index (Phi) is 7.68. The predicted octanol–water partition coefficient (Wildman–Crippen LogP) is 15.7. The second-order valence-electron chi connectivity index (χ2n) is 14.2. The molecule has 0 fully saturated rings. The Balaban J connectivity index is 1.03. The van der Waals surface area contributed by atoms with Gasteiger partial charge >= 0.3 is 0 Å². The lowest BCUT2D eigenvalue weighted by atomic mass is 10.0. The molecule has 0 aliphatic heterocycles. The van der Waals surface area contributed by atoms with Gasteiger partial charge in [-0.2, -0.15) is 0 Å². The molecule has 0 saturated carbocycles. The third-order valence-corrected chi connectivity index (χ3v) is 11.9. The van der Waals surface area contributed by atoms with Gasteiger partial charge in [0.2, 0.25) is 0 Å². The van der Waals surface area contributed by atoms with Crippen LogP contribution in [0.5, 0.6) is 0 Å². The van der Waals surface area contributed by atoms with Crippen molar-refractivity contribution in [3.8, 4) is 11.1 Å². The van der Waals surface area contributed by atoms with E-state index in [4.69, 9.17) is 4.42 Å². The maximum Gasteiger partial charge on any atom is 0.137 e. The van der Waals surface area contributed by atoms with Gasteiger partial charge in [0.1, 0.15) is 11.2 Å². The van der Waals surface area contributed by atoms with Gasteiger partial charge < -0.3 is 14.2 Å². The highest BCUT2D eigenvalue weighted by Gasteiger charge is 2.19. The number of anilines is 6. The van der Waals surface area contributed by atoms with Crippen molar-refractivity contribution < 1.29 is 4.42 Å². The zero-order valence-electron chi connectivity index (χ0n) is 30.3. The zero-order valence-corrected chi connectivity index (χ0v) is 31.2. The maximum absolute atomic E-state index is 6.40. The van der Waals surface area contributed by atoms with Crippen molar-refractivity contribution in [1.29, 1.82) is 0 Å². The Labute approximate surface area is 328 Å². The normalized spacial score (nSPS) is 11.6. The molecule has 0 atom stereocenters. The minimum Gasteiger partial charge on any atom is -0.456 e. The fraction of sp³-hybridized carbons (Fsp3) is 0. The summed E-state index contributed by atoms with van der Waals surface area (Å²) in [6.45, 7) is 0. The van der Waals surface area contributed by atoms with Crippen LogP contribution in [-0.2, 0) is 0 Å². The van der Waals surface area contributed by atoms with E-state index in [-0.39, 0.29) is 0 Å². The highest BCUT2D eigenvalue weighted by atomic mass is 32.1. The van der Waals surface area contributed by atoms with Gasteiger partial charge in [0.15, 0.2) is 0 Å². The summed E-state index contributed by atoms with van der Waals surface area (Å²) in [6, 6.07) is 73.9. The molecule has 11 aromatic rings. The number of nitrogens with zero attached hydrogens (tertiary/aromatic N) is 2. The fourth-order valence-corrected chi connectivity index (χ4v) is 9.23. The fourth-order valence-electron chi connectivity index (χ4n) is 8.11. The average Bonchev–Trinajstić information content (AvgIpc) is 3.82. The molecule has 0 unspecified atom stereocenters. The number of furan rings is 1. The van der Waals surface area contributed by atoms with Gasteiger partial charge in [0, 0.05) is 71.1 Å². The molecule has 0 bridgehead atoms. The number of thiophene rings is 1. The monoisotopic (exact) mass is 734 g/mol. The first-order valence-corrected chi connectivity index (χ1v) is 19.7. The zero-order chi connectivity index (χ0) is 37.0.